The number of pyridine rings is 1. The Bertz CT molecular complexity index is 1230. The van der Waals surface area contributed by atoms with Gasteiger partial charge in [-0.15, -0.1) is 0 Å². The molecule has 0 amide bonds. The molecule has 0 fully saturated rings. The molecule has 3 aromatic carbocycles. The van der Waals surface area contributed by atoms with Gasteiger partial charge >= 0.3 is 0 Å². The SMILES string of the molecule is CC(C)c1ccccc1-c1cc(OCc2ccc(N(N)/C=C\N)cc2)c2ccccc2n1. The normalized spacial score (nSPS) is 11.4. The molecule has 32 heavy (non-hydrogen) atoms. The van der Waals surface area contributed by atoms with Crippen molar-refractivity contribution in [2.75, 3.05) is 5.01 Å². The van der Waals surface area contributed by atoms with Gasteiger partial charge in [0.15, 0.2) is 0 Å². The van der Waals surface area contributed by atoms with E-state index in [9.17, 15) is 0 Å². The lowest BCUT2D eigenvalue weighted by Gasteiger charge is -2.16. The van der Waals surface area contributed by atoms with Crippen LogP contribution in [0.5, 0.6) is 5.75 Å². The summed E-state index contributed by atoms with van der Waals surface area (Å²) >= 11 is 0. The number of hydrogen-bond donors (Lipinski definition) is 2. The van der Waals surface area contributed by atoms with Gasteiger partial charge in [0.1, 0.15) is 12.4 Å². The quantitative estimate of drug-likeness (QED) is 0.293. The second-order valence-corrected chi connectivity index (χ2v) is 7.97. The van der Waals surface area contributed by atoms with Crippen molar-refractivity contribution in [3.05, 3.63) is 102 Å². The van der Waals surface area contributed by atoms with Crippen molar-refractivity contribution >= 4 is 16.6 Å². The Morgan fingerprint density at radius 1 is 0.969 bits per heavy atom. The Balaban J connectivity index is 1.66. The number of nitrogens with zero attached hydrogens (tertiary/aromatic N) is 2. The minimum atomic E-state index is 0.401. The molecule has 0 saturated heterocycles. The maximum Gasteiger partial charge on any atom is 0.131 e. The topological polar surface area (TPSA) is 77.4 Å². The zero-order valence-electron chi connectivity index (χ0n) is 18.4. The fourth-order valence-electron chi connectivity index (χ4n) is 3.74. The number of aromatic nitrogens is 1. The number of hydrogen-bond acceptors (Lipinski definition) is 5. The molecule has 0 radical (unpaired) electrons. The van der Waals surface area contributed by atoms with Crippen LogP contribution in [-0.4, -0.2) is 4.98 Å². The van der Waals surface area contributed by atoms with Crippen molar-refractivity contribution in [3.63, 3.8) is 0 Å². The molecular formula is C27H28N4O. The third kappa shape index (κ3) is 4.58. The van der Waals surface area contributed by atoms with Gasteiger partial charge in [-0.3, -0.25) is 5.01 Å². The molecule has 0 spiro atoms. The average Bonchev–Trinajstić information content (AvgIpc) is 2.82. The standard InChI is InChI=1S/C27H28N4O/c1-19(2)22-7-3-4-8-23(22)26-17-27(24-9-5-6-10-25(24)30-26)32-18-20-11-13-21(14-12-20)31(29)16-15-28/h3-17,19H,18,28-29H2,1-2H3/b16-15-. The second-order valence-electron chi connectivity index (χ2n) is 7.97. The van der Waals surface area contributed by atoms with Gasteiger partial charge in [-0.2, -0.15) is 0 Å². The third-order valence-electron chi connectivity index (χ3n) is 5.41. The van der Waals surface area contributed by atoms with Crippen LogP contribution in [0.15, 0.2) is 91.3 Å². The van der Waals surface area contributed by atoms with Crippen LogP contribution in [0.1, 0.15) is 30.9 Å². The molecule has 1 heterocycles. The highest BCUT2D eigenvalue weighted by Gasteiger charge is 2.13. The van der Waals surface area contributed by atoms with Crippen LogP contribution < -0.4 is 21.3 Å². The van der Waals surface area contributed by atoms with E-state index in [1.165, 1.54) is 16.8 Å². The Morgan fingerprint density at radius 3 is 2.44 bits per heavy atom. The highest BCUT2D eigenvalue weighted by Crippen LogP contribution is 2.34. The lowest BCUT2D eigenvalue weighted by Crippen LogP contribution is -2.24. The monoisotopic (exact) mass is 424 g/mol. The predicted molar refractivity (Wildman–Crippen MR) is 132 cm³/mol. The third-order valence-corrected chi connectivity index (χ3v) is 5.41. The van der Waals surface area contributed by atoms with Gasteiger partial charge in [0.25, 0.3) is 0 Å². The summed E-state index contributed by atoms with van der Waals surface area (Å²) in [5.41, 5.74) is 11.5. The summed E-state index contributed by atoms with van der Waals surface area (Å²) in [4.78, 5) is 4.94. The van der Waals surface area contributed by atoms with Gasteiger partial charge in [0.2, 0.25) is 0 Å². The summed E-state index contributed by atoms with van der Waals surface area (Å²) in [5, 5.41) is 2.47. The molecule has 0 bridgehead atoms. The number of nitrogens with two attached hydrogens (primary N) is 2. The Labute approximate surface area is 188 Å². The summed E-state index contributed by atoms with van der Waals surface area (Å²) in [6, 6.07) is 26.4. The van der Waals surface area contributed by atoms with Crippen LogP contribution in [-0.2, 0) is 6.61 Å². The first-order chi connectivity index (χ1) is 15.6. The van der Waals surface area contributed by atoms with E-state index in [4.69, 9.17) is 21.3 Å². The minimum absolute atomic E-state index is 0.401. The second kappa shape index (κ2) is 9.54. The molecule has 0 unspecified atom stereocenters. The summed E-state index contributed by atoms with van der Waals surface area (Å²) in [5.74, 6) is 7.14. The maximum atomic E-state index is 6.30. The predicted octanol–water partition coefficient (Wildman–Crippen LogP) is 5.71. The summed E-state index contributed by atoms with van der Waals surface area (Å²) in [6.07, 6.45) is 3.01. The van der Waals surface area contributed by atoms with Crippen LogP contribution in [0, 0.1) is 0 Å². The lowest BCUT2D eigenvalue weighted by atomic mass is 9.95. The highest BCUT2D eigenvalue weighted by atomic mass is 16.5. The van der Waals surface area contributed by atoms with Crippen LogP contribution >= 0.6 is 0 Å². The van der Waals surface area contributed by atoms with Crippen molar-refractivity contribution in [3.8, 4) is 17.0 Å². The summed E-state index contributed by atoms with van der Waals surface area (Å²) in [7, 11) is 0. The number of hydrazine groups is 1. The van der Waals surface area contributed by atoms with Crippen molar-refractivity contribution in [2.24, 2.45) is 11.6 Å². The van der Waals surface area contributed by atoms with E-state index in [1.807, 2.05) is 54.6 Å². The van der Waals surface area contributed by atoms with E-state index in [1.54, 1.807) is 6.20 Å². The van der Waals surface area contributed by atoms with Gasteiger partial charge in [0.05, 0.1) is 16.9 Å². The zero-order valence-corrected chi connectivity index (χ0v) is 18.4. The highest BCUT2D eigenvalue weighted by molar-refractivity contribution is 5.88. The van der Waals surface area contributed by atoms with Gasteiger partial charge in [-0.05, 0) is 41.3 Å². The first-order valence-electron chi connectivity index (χ1n) is 10.7. The van der Waals surface area contributed by atoms with Gasteiger partial charge < -0.3 is 10.5 Å². The zero-order chi connectivity index (χ0) is 22.5. The molecular weight excluding hydrogens is 396 g/mol. The van der Waals surface area contributed by atoms with E-state index in [0.29, 0.717) is 12.5 Å². The average molecular weight is 425 g/mol. The van der Waals surface area contributed by atoms with Crippen LogP contribution in [0.25, 0.3) is 22.2 Å². The number of ether oxygens (including phenoxy) is 1. The Hall–Kier alpha value is -3.83. The molecule has 4 N–H and O–H groups in total. The molecule has 0 aliphatic rings. The van der Waals surface area contributed by atoms with Gasteiger partial charge in [0, 0.05) is 29.4 Å². The first kappa shape index (κ1) is 21.4. The van der Waals surface area contributed by atoms with E-state index in [2.05, 4.69) is 38.1 Å². The molecule has 162 valence electrons. The molecule has 0 aliphatic heterocycles. The van der Waals surface area contributed by atoms with E-state index in [-0.39, 0.29) is 0 Å². The molecule has 5 heteroatoms. The molecule has 4 aromatic rings. The largest absolute Gasteiger partial charge is 0.488 e. The molecule has 0 aliphatic carbocycles. The first-order valence-corrected chi connectivity index (χ1v) is 10.7. The van der Waals surface area contributed by atoms with Crippen molar-refractivity contribution in [1.29, 1.82) is 0 Å². The molecule has 0 atom stereocenters. The maximum absolute atomic E-state index is 6.30. The Kier molecular flexibility index (Phi) is 6.38. The van der Waals surface area contributed by atoms with Crippen molar-refractivity contribution in [2.45, 2.75) is 26.4 Å². The molecule has 1 aromatic heterocycles. The number of rotatable bonds is 7. The van der Waals surface area contributed by atoms with Crippen LogP contribution in [0.4, 0.5) is 5.69 Å². The molecule has 4 rings (SSSR count). The van der Waals surface area contributed by atoms with E-state index in [0.717, 1.165) is 39.2 Å². The number of para-hydroxylation sites is 1. The molecule has 0 saturated carbocycles. The number of anilines is 1. The van der Waals surface area contributed by atoms with Crippen molar-refractivity contribution < 1.29 is 4.74 Å². The van der Waals surface area contributed by atoms with Gasteiger partial charge in [-0.25, -0.2) is 10.8 Å². The van der Waals surface area contributed by atoms with Gasteiger partial charge in [-0.1, -0.05) is 62.4 Å². The fourth-order valence-corrected chi connectivity index (χ4v) is 3.74. The minimum Gasteiger partial charge on any atom is -0.488 e. The van der Waals surface area contributed by atoms with E-state index < -0.39 is 0 Å². The summed E-state index contributed by atoms with van der Waals surface area (Å²) in [6.45, 7) is 4.84. The number of fused-ring (bicyclic) bond motifs is 1. The lowest BCUT2D eigenvalue weighted by molar-refractivity contribution is 0.310. The van der Waals surface area contributed by atoms with E-state index >= 15 is 0 Å². The molecule has 5 nitrogen and oxygen atoms in total. The smallest absolute Gasteiger partial charge is 0.131 e. The van der Waals surface area contributed by atoms with Crippen molar-refractivity contribution in [1.82, 2.24) is 4.98 Å². The van der Waals surface area contributed by atoms with Crippen LogP contribution in [0.3, 0.4) is 0 Å². The van der Waals surface area contributed by atoms with Crippen LogP contribution in [0.2, 0.25) is 0 Å². The summed E-state index contributed by atoms with van der Waals surface area (Å²) < 4.78 is 6.30. The Morgan fingerprint density at radius 2 is 1.69 bits per heavy atom. The number of benzene rings is 3. The fraction of sp³-hybridized carbons (Fsp3) is 0.148.